The SMILES string of the molecule is O=C(O)C#CCC1CN(C(=O)C(F)(F)F)CCO1. The molecule has 0 saturated carbocycles. The maximum atomic E-state index is 12.2. The number of carbonyl (C=O) groups is 2. The van der Waals surface area contributed by atoms with Crippen LogP contribution >= 0.6 is 0 Å². The molecule has 0 aromatic rings. The Balaban J connectivity index is 2.55. The number of carboxylic acid groups (broad SMARTS) is 1. The van der Waals surface area contributed by atoms with Crippen LogP contribution in [0, 0.1) is 11.8 Å². The number of morpholine rings is 1. The minimum atomic E-state index is -4.91. The van der Waals surface area contributed by atoms with Gasteiger partial charge in [0.2, 0.25) is 0 Å². The summed E-state index contributed by atoms with van der Waals surface area (Å²) in [6.07, 6.45) is -5.64. The smallest absolute Gasteiger partial charge is 0.471 e. The van der Waals surface area contributed by atoms with Gasteiger partial charge >= 0.3 is 18.1 Å². The molecule has 5 nitrogen and oxygen atoms in total. The second kappa shape index (κ2) is 5.73. The van der Waals surface area contributed by atoms with E-state index in [4.69, 9.17) is 9.84 Å². The molecule has 0 aromatic heterocycles. The monoisotopic (exact) mass is 265 g/mol. The number of ether oxygens (including phenoxy) is 1. The summed E-state index contributed by atoms with van der Waals surface area (Å²) < 4.78 is 41.6. The molecule has 1 aliphatic rings. The molecule has 0 bridgehead atoms. The number of nitrogens with zero attached hydrogens (tertiary/aromatic N) is 1. The molecule has 1 fully saturated rings. The van der Waals surface area contributed by atoms with E-state index in [0.717, 1.165) is 0 Å². The van der Waals surface area contributed by atoms with Crippen LogP contribution in [0.5, 0.6) is 0 Å². The van der Waals surface area contributed by atoms with Crippen LogP contribution in [0.2, 0.25) is 0 Å². The lowest BCUT2D eigenvalue weighted by Gasteiger charge is -2.32. The van der Waals surface area contributed by atoms with E-state index in [1.54, 1.807) is 0 Å². The first kappa shape index (κ1) is 14.3. The number of aliphatic carboxylic acids is 1. The Labute approximate surface area is 101 Å². The van der Waals surface area contributed by atoms with Crippen molar-refractivity contribution in [1.29, 1.82) is 0 Å². The molecule has 0 aromatic carbocycles. The zero-order valence-electron chi connectivity index (χ0n) is 9.16. The first-order chi connectivity index (χ1) is 8.30. The third-order valence-corrected chi connectivity index (χ3v) is 2.19. The van der Waals surface area contributed by atoms with Gasteiger partial charge in [0.25, 0.3) is 0 Å². The molecule has 1 N–H and O–H groups in total. The summed E-state index contributed by atoms with van der Waals surface area (Å²) in [6, 6.07) is 0. The summed E-state index contributed by atoms with van der Waals surface area (Å²) in [5, 5.41) is 8.26. The number of alkyl halides is 3. The van der Waals surface area contributed by atoms with E-state index in [-0.39, 0.29) is 26.1 Å². The van der Waals surface area contributed by atoms with Gasteiger partial charge in [-0.3, -0.25) is 4.79 Å². The molecule has 1 aliphatic heterocycles. The minimum absolute atomic E-state index is 0.0265. The first-order valence-electron chi connectivity index (χ1n) is 5.00. The van der Waals surface area contributed by atoms with Crippen LogP contribution in [0.3, 0.4) is 0 Å². The largest absolute Gasteiger partial charge is 0.472 e. The Bertz CT molecular complexity index is 396. The molecule has 1 rings (SSSR count). The lowest BCUT2D eigenvalue weighted by atomic mass is 10.2. The maximum Gasteiger partial charge on any atom is 0.471 e. The van der Waals surface area contributed by atoms with E-state index in [0.29, 0.717) is 4.90 Å². The van der Waals surface area contributed by atoms with Gasteiger partial charge in [-0.15, -0.1) is 0 Å². The third-order valence-electron chi connectivity index (χ3n) is 2.19. The number of rotatable bonds is 1. The van der Waals surface area contributed by atoms with Gasteiger partial charge in [0.1, 0.15) is 0 Å². The fourth-order valence-electron chi connectivity index (χ4n) is 1.45. The maximum absolute atomic E-state index is 12.2. The van der Waals surface area contributed by atoms with Crippen LogP contribution in [0.1, 0.15) is 6.42 Å². The molecule has 1 saturated heterocycles. The summed E-state index contributed by atoms with van der Waals surface area (Å²) in [4.78, 5) is 21.7. The molecule has 1 heterocycles. The normalized spacial score (nSPS) is 19.9. The van der Waals surface area contributed by atoms with Crippen molar-refractivity contribution in [1.82, 2.24) is 4.90 Å². The zero-order chi connectivity index (χ0) is 13.8. The highest BCUT2D eigenvalue weighted by atomic mass is 19.4. The fourth-order valence-corrected chi connectivity index (χ4v) is 1.45. The summed E-state index contributed by atoms with van der Waals surface area (Å²) in [7, 11) is 0. The van der Waals surface area contributed by atoms with Gasteiger partial charge < -0.3 is 14.7 Å². The van der Waals surface area contributed by atoms with Crippen molar-refractivity contribution < 1.29 is 32.6 Å². The van der Waals surface area contributed by atoms with Gasteiger partial charge in [0, 0.05) is 25.4 Å². The third kappa shape index (κ3) is 4.25. The van der Waals surface area contributed by atoms with Crippen molar-refractivity contribution in [2.45, 2.75) is 18.7 Å². The highest BCUT2D eigenvalue weighted by molar-refractivity contribution is 5.86. The summed E-state index contributed by atoms with van der Waals surface area (Å²) in [5.41, 5.74) is 0. The van der Waals surface area contributed by atoms with Gasteiger partial charge in [0.05, 0.1) is 12.7 Å². The van der Waals surface area contributed by atoms with E-state index in [9.17, 15) is 22.8 Å². The second-order valence-electron chi connectivity index (χ2n) is 3.55. The van der Waals surface area contributed by atoms with E-state index in [1.165, 1.54) is 0 Å². The molecule has 1 amide bonds. The average molecular weight is 265 g/mol. The Kier molecular flexibility index (Phi) is 4.55. The van der Waals surface area contributed by atoms with E-state index in [1.807, 2.05) is 5.92 Å². The molecule has 8 heteroatoms. The van der Waals surface area contributed by atoms with Gasteiger partial charge in [-0.2, -0.15) is 13.2 Å². The highest BCUT2D eigenvalue weighted by Gasteiger charge is 2.43. The van der Waals surface area contributed by atoms with Gasteiger partial charge in [-0.25, -0.2) is 4.79 Å². The Morgan fingerprint density at radius 2 is 2.11 bits per heavy atom. The fraction of sp³-hybridized carbons (Fsp3) is 0.600. The van der Waals surface area contributed by atoms with Crippen LogP contribution < -0.4 is 0 Å². The number of hydrogen-bond acceptors (Lipinski definition) is 3. The summed E-state index contributed by atoms with van der Waals surface area (Å²) >= 11 is 0. The molecule has 18 heavy (non-hydrogen) atoms. The lowest BCUT2D eigenvalue weighted by molar-refractivity contribution is -0.191. The van der Waals surface area contributed by atoms with E-state index < -0.39 is 24.2 Å². The van der Waals surface area contributed by atoms with E-state index >= 15 is 0 Å². The standard InChI is InChI=1S/C10H10F3NO4/c11-10(12,13)9(17)14-4-5-18-7(6-14)2-1-3-8(15)16/h7H,2,4-6H2,(H,15,16). The predicted molar refractivity (Wildman–Crippen MR) is 52.4 cm³/mol. The van der Waals surface area contributed by atoms with E-state index in [2.05, 4.69) is 5.92 Å². The number of carboxylic acids is 1. The summed E-state index contributed by atoms with van der Waals surface area (Å²) in [5.74, 6) is 0.847. The topological polar surface area (TPSA) is 66.8 Å². The number of amides is 1. The number of hydrogen-bond donors (Lipinski definition) is 1. The van der Waals surface area contributed by atoms with Crippen molar-refractivity contribution >= 4 is 11.9 Å². The highest BCUT2D eigenvalue weighted by Crippen LogP contribution is 2.20. The predicted octanol–water partition coefficient (Wildman–Crippen LogP) is 0.254. The average Bonchev–Trinajstić information content (AvgIpc) is 2.26. The minimum Gasteiger partial charge on any atom is -0.472 e. The molecule has 0 spiro atoms. The van der Waals surface area contributed by atoms with Crippen molar-refractivity contribution in [3.05, 3.63) is 0 Å². The zero-order valence-corrected chi connectivity index (χ0v) is 9.16. The molecule has 0 radical (unpaired) electrons. The molecular weight excluding hydrogens is 255 g/mol. The van der Waals surface area contributed by atoms with Gasteiger partial charge in [0.15, 0.2) is 0 Å². The van der Waals surface area contributed by atoms with Crippen LogP contribution in [0.15, 0.2) is 0 Å². The summed E-state index contributed by atoms with van der Waals surface area (Å²) in [6.45, 7) is -0.408. The van der Waals surface area contributed by atoms with Crippen LogP contribution in [0.4, 0.5) is 13.2 Å². The van der Waals surface area contributed by atoms with Crippen molar-refractivity contribution in [2.75, 3.05) is 19.7 Å². The first-order valence-corrected chi connectivity index (χ1v) is 5.00. The second-order valence-corrected chi connectivity index (χ2v) is 3.55. The number of carbonyl (C=O) groups excluding carboxylic acids is 1. The Morgan fingerprint density at radius 3 is 2.67 bits per heavy atom. The van der Waals surface area contributed by atoms with Crippen molar-refractivity contribution in [3.63, 3.8) is 0 Å². The van der Waals surface area contributed by atoms with Crippen molar-refractivity contribution in [3.8, 4) is 11.8 Å². The molecule has 1 unspecified atom stereocenters. The molecule has 1 atom stereocenters. The van der Waals surface area contributed by atoms with Gasteiger partial charge in [-0.05, 0) is 0 Å². The van der Waals surface area contributed by atoms with Crippen LogP contribution in [-0.2, 0) is 14.3 Å². The van der Waals surface area contributed by atoms with Crippen LogP contribution in [-0.4, -0.2) is 53.9 Å². The Morgan fingerprint density at radius 1 is 1.44 bits per heavy atom. The quantitative estimate of drug-likeness (QED) is 0.690. The Hall–Kier alpha value is -1.75. The number of halogens is 3. The van der Waals surface area contributed by atoms with Crippen LogP contribution in [0.25, 0.3) is 0 Å². The van der Waals surface area contributed by atoms with Crippen molar-refractivity contribution in [2.24, 2.45) is 0 Å². The molecular formula is C10H10F3NO4. The molecule has 100 valence electrons. The van der Waals surface area contributed by atoms with Gasteiger partial charge in [-0.1, -0.05) is 5.92 Å². The molecule has 0 aliphatic carbocycles. The lowest BCUT2D eigenvalue weighted by Crippen LogP contribution is -2.50.